The van der Waals surface area contributed by atoms with Gasteiger partial charge in [0.05, 0.1) is 13.2 Å². The van der Waals surface area contributed by atoms with E-state index in [1.165, 1.54) is 0 Å². The van der Waals surface area contributed by atoms with Gasteiger partial charge in [-0.05, 0) is 24.0 Å². The highest BCUT2D eigenvalue weighted by molar-refractivity contribution is 5.69. The van der Waals surface area contributed by atoms with Gasteiger partial charge in [0.1, 0.15) is 0 Å². The predicted octanol–water partition coefficient (Wildman–Crippen LogP) is 4.51. The van der Waals surface area contributed by atoms with Gasteiger partial charge in [0.15, 0.2) is 0 Å². The van der Waals surface area contributed by atoms with Crippen LogP contribution < -0.4 is 0 Å². The van der Waals surface area contributed by atoms with Crippen molar-refractivity contribution in [1.82, 2.24) is 0 Å². The Bertz CT molecular complexity index is 608. The first-order valence-electron chi connectivity index (χ1n) is 9.63. The molecular weight excluding hydrogens is 340 g/mol. The van der Waals surface area contributed by atoms with E-state index in [9.17, 15) is 9.59 Å². The smallest absolute Gasteiger partial charge is 0.305 e. The van der Waals surface area contributed by atoms with Crippen molar-refractivity contribution >= 4 is 11.9 Å². The van der Waals surface area contributed by atoms with Crippen LogP contribution in [0.25, 0.3) is 0 Å². The van der Waals surface area contributed by atoms with E-state index in [2.05, 4.69) is 0 Å². The first kappa shape index (κ1) is 20.7. The molecule has 0 saturated heterocycles. The molecule has 2 aromatic rings. The van der Waals surface area contributed by atoms with E-state index in [-0.39, 0.29) is 11.9 Å². The molecule has 0 amide bonds. The maximum absolute atomic E-state index is 11.7. The number of unbranched alkanes of at least 4 members (excludes halogenated alkanes) is 2. The Labute approximate surface area is 161 Å². The van der Waals surface area contributed by atoms with Gasteiger partial charge in [-0.1, -0.05) is 67.1 Å². The molecular formula is C23H28O4. The highest BCUT2D eigenvalue weighted by atomic mass is 16.5. The van der Waals surface area contributed by atoms with E-state index in [1.807, 2.05) is 60.7 Å². The molecule has 0 atom stereocenters. The summed E-state index contributed by atoms with van der Waals surface area (Å²) in [5.74, 6) is -0.340. The van der Waals surface area contributed by atoms with Crippen molar-refractivity contribution in [2.24, 2.45) is 0 Å². The highest BCUT2D eigenvalue weighted by Crippen LogP contribution is 2.07. The number of hydrogen-bond acceptors (Lipinski definition) is 4. The quantitative estimate of drug-likeness (QED) is 0.409. The van der Waals surface area contributed by atoms with Crippen LogP contribution in [-0.4, -0.2) is 25.2 Å². The molecule has 4 heteroatoms. The lowest BCUT2D eigenvalue weighted by atomic mass is 10.1. The lowest BCUT2D eigenvalue weighted by molar-refractivity contribution is -0.144. The summed E-state index contributed by atoms with van der Waals surface area (Å²) in [6.45, 7) is 0.827. The third kappa shape index (κ3) is 9.59. The normalized spacial score (nSPS) is 10.4. The zero-order chi connectivity index (χ0) is 19.2. The minimum Gasteiger partial charge on any atom is -0.465 e. The van der Waals surface area contributed by atoms with Crippen LogP contribution in [0.4, 0.5) is 0 Å². The van der Waals surface area contributed by atoms with Gasteiger partial charge in [0.2, 0.25) is 0 Å². The van der Waals surface area contributed by atoms with Crippen molar-refractivity contribution in [2.45, 2.75) is 44.9 Å². The second-order valence-corrected chi connectivity index (χ2v) is 6.47. The van der Waals surface area contributed by atoms with Gasteiger partial charge in [0, 0.05) is 25.7 Å². The van der Waals surface area contributed by atoms with E-state index in [0.717, 1.165) is 43.2 Å². The van der Waals surface area contributed by atoms with Gasteiger partial charge in [-0.3, -0.25) is 9.59 Å². The summed E-state index contributed by atoms with van der Waals surface area (Å²) in [5.41, 5.74) is 2.33. The van der Waals surface area contributed by atoms with Gasteiger partial charge in [-0.15, -0.1) is 0 Å². The summed E-state index contributed by atoms with van der Waals surface area (Å²) in [6.07, 6.45) is 4.57. The third-order valence-corrected chi connectivity index (χ3v) is 4.26. The molecule has 0 radical (unpaired) electrons. The molecule has 0 aliphatic carbocycles. The fourth-order valence-electron chi connectivity index (χ4n) is 2.71. The van der Waals surface area contributed by atoms with E-state index < -0.39 is 0 Å². The molecule has 0 N–H and O–H groups in total. The molecule has 0 unspecified atom stereocenters. The Balaban J connectivity index is 1.43. The molecule has 0 aliphatic heterocycles. The molecule has 0 heterocycles. The van der Waals surface area contributed by atoms with Crippen LogP contribution in [-0.2, 0) is 31.9 Å². The fourth-order valence-corrected chi connectivity index (χ4v) is 2.71. The molecule has 0 spiro atoms. The molecule has 144 valence electrons. The molecule has 0 aliphatic rings. The summed E-state index contributed by atoms with van der Waals surface area (Å²) in [6, 6.07) is 19.9. The highest BCUT2D eigenvalue weighted by Gasteiger charge is 2.06. The van der Waals surface area contributed by atoms with Crippen LogP contribution in [0.1, 0.15) is 43.2 Å². The van der Waals surface area contributed by atoms with E-state index >= 15 is 0 Å². The molecule has 2 rings (SSSR count). The third-order valence-electron chi connectivity index (χ3n) is 4.26. The van der Waals surface area contributed by atoms with Crippen molar-refractivity contribution < 1.29 is 19.1 Å². The number of rotatable bonds is 12. The SMILES string of the molecule is O=C(CCCCCC(=O)OCCc1ccccc1)OCCc1ccccc1. The van der Waals surface area contributed by atoms with Crippen LogP contribution in [0.15, 0.2) is 60.7 Å². The van der Waals surface area contributed by atoms with E-state index in [1.54, 1.807) is 0 Å². The standard InChI is InChI=1S/C23H28O4/c24-22(26-18-16-20-10-4-1-5-11-20)14-8-3-9-15-23(25)27-19-17-21-12-6-2-7-13-21/h1-2,4-7,10-13H,3,8-9,14-19H2. The van der Waals surface area contributed by atoms with Gasteiger partial charge < -0.3 is 9.47 Å². The zero-order valence-electron chi connectivity index (χ0n) is 15.8. The van der Waals surface area contributed by atoms with Crippen LogP contribution in [0, 0.1) is 0 Å². The van der Waals surface area contributed by atoms with E-state index in [4.69, 9.17) is 9.47 Å². The number of esters is 2. The summed E-state index contributed by atoms with van der Waals surface area (Å²) in [7, 11) is 0. The fraction of sp³-hybridized carbons (Fsp3) is 0.391. The maximum Gasteiger partial charge on any atom is 0.305 e. The summed E-state index contributed by atoms with van der Waals surface area (Å²) < 4.78 is 10.5. The maximum atomic E-state index is 11.7. The van der Waals surface area contributed by atoms with Crippen molar-refractivity contribution in [3.05, 3.63) is 71.8 Å². The zero-order valence-corrected chi connectivity index (χ0v) is 15.8. The van der Waals surface area contributed by atoms with Crippen LogP contribution in [0.2, 0.25) is 0 Å². The van der Waals surface area contributed by atoms with Crippen LogP contribution >= 0.6 is 0 Å². The molecule has 27 heavy (non-hydrogen) atoms. The van der Waals surface area contributed by atoms with Crippen molar-refractivity contribution in [3.8, 4) is 0 Å². The number of benzene rings is 2. The first-order chi connectivity index (χ1) is 13.2. The Kier molecular flexibility index (Phi) is 9.72. The minimum absolute atomic E-state index is 0.170. The second kappa shape index (κ2) is 12.7. The van der Waals surface area contributed by atoms with Crippen molar-refractivity contribution in [1.29, 1.82) is 0 Å². The summed E-state index contributed by atoms with van der Waals surface area (Å²) in [5, 5.41) is 0. The monoisotopic (exact) mass is 368 g/mol. The lowest BCUT2D eigenvalue weighted by Gasteiger charge is -2.06. The molecule has 0 aromatic heterocycles. The predicted molar refractivity (Wildman–Crippen MR) is 105 cm³/mol. The number of ether oxygens (including phenoxy) is 2. The Morgan fingerprint density at radius 2 is 1.00 bits per heavy atom. The van der Waals surface area contributed by atoms with Gasteiger partial charge >= 0.3 is 11.9 Å². The van der Waals surface area contributed by atoms with Gasteiger partial charge in [-0.2, -0.15) is 0 Å². The summed E-state index contributed by atoms with van der Waals surface area (Å²) in [4.78, 5) is 23.4. The van der Waals surface area contributed by atoms with Crippen molar-refractivity contribution in [2.75, 3.05) is 13.2 Å². The molecule has 4 nitrogen and oxygen atoms in total. The van der Waals surface area contributed by atoms with Crippen LogP contribution in [0.5, 0.6) is 0 Å². The average molecular weight is 368 g/mol. The first-order valence-corrected chi connectivity index (χ1v) is 9.63. The Hall–Kier alpha value is -2.62. The summed E-state index contributed by atoms with van der Waals surface area (Å²) >= 11 is 0. The molecule has 2 aromatic carbocycles. The molecule has 0 saturated carbocycles. The molecule has 0 bridgehead atoms. The van der Waals surface area contributed by atoms with Crippen LogP contribution in [0.3, 0.4) is 0 Å². The topological polar surface area (TPSA) is 52.6 Å². The van der Waals surface area contributed by atoms with Crippen molar-refractivity contribution in [3.63, 3.8) is 0 Å². The lowest BCUT2D eigenvalue weighted by Crippen LogP contribution is -2.08. The number of carbonyl (C=O) groups is 2. The minimum atomic E-state index is -0.170. The Morgan fingerprint density at radius 1 is 0.593 bits per heavy atom. The van der Waals surface area contributed by atoms with Gasteiger partial charge in [-0.25, -0.2) is 0 Å². The second-order valence-electron chi connectivity index (χ2n) is 6.47. The number of hydrogen-bond donors (Lipinski definition) is 0. The number of carbonyl (C=O) groups excluding carboxylic acids is 2. The largest absolute Gasteiger partial charge is 0.465 e. The average Bonchev–Trinajstić information content (AvgIpc) is 2.69. The molecule has 0 fully saturated rings. The van der Waals surface area contributed by atoms with Gasteiger partial charge in [0.25, 0.3) is 0 Å². The Morgan fingerprint density at radius 3 is 1.41 bits per heavy atom. The van der Waals surface area contributed by atoms with E-state index in [0.29, 0.717) is 26.1 Å².